The minimum Gasteiger partial charge on any atom is -0.468 e. The van der Waals surface area contributed by atoms with Crippen LogP contribution in [0.1, 0.15) is 11.6 Å². The molecule has 2 aromatic rings. The van der Waals surface area contributed by atoms with Crippen LogP contribution in [0.4, 0.5) is 0 Å². The molecule has 1 atom stereocenters. The molecule has 1 fully saturated rings. The van der Waals surface area contributed by atoms with Crippen molar-refractivity contribution in [2.45, 2.75) is 6.04 Å². The average molecular weight is 285 g/mol. The Balaban J connectivity index is 2.07. The highest BCUT2D eigenvalue weighted by molar-refractivity contribution is 5.91. The predicted molar refractivity (Wildman–Crippen MR) is 81.1 cm³/mol. The number of hydrogen-bond donors (Lipinski definition) is 0. The first kappa shape index (κ1) is 14.0. The smallest absolute Gasteiger partial charge is 0.327 e. The number of hydrogen-bond acceptors (Lipinski definition) is 4. The summed E-state index contributed by atoms with van der Waals surface area (Å²) >= 11 is 0. The zero-order chi connectivity index (χ0) is 14.7. The molecule has 1 aliphatic rings. The summed E-state index contributed by atoms with van der Waals surface area (Å²) < 4.78 is 10.4. The van der Waals surface area contributed by atoms with Gasteiger partial charge in [-0.05, 0) is 16.3 Å². The van der Waals surface area contributed by atoms with Crippen molar-refractivity contribution in [1.82, 2.24) is 4.90 Å². The number of esters is 1. The molecule has 0 bridgehead atoms. The Kier molecular flexibility index (Phi) is 4.18. The van der Waals surface area contributed by atoms with Gasteiger partial charge < -0.3 is 9.47 Å². The molecule has 0 aliphatic carbocycles. The first-order valence-corrected chi connectivity index (χ1v) is 7.18. The van der Waals surface area contributed by atoms with Crippen LogP contribution in [-0.2, 0) is 14.3 Å². The van der Waals surface area contributed by atoms with Crippen molar-refractivity contribution in [3.63, 3.8) is 0 Å². The molecular weight excluding hydrogens is 266 g/mol. The maximum atomic E-state index is 12.4. The molecule has 110 valence electrons. The van der Waals surface area contributed by atoms with Crippen molar-refractivity contribution in [3.05, 3.63) is 48.0 Å². The van der Waals surface area contributed by atoms with E-state index >= 15 is 0 Å². The summed E-state index contributed by atoms with van der Waals surface area (Å²) in [4.78, 5) is 14.5. The highest BCUT2D eigenvalue weighted by Crippen LogP contribution is 2.29. The van der Waals surface area contributed by atoms with E-state index in [1.165, 1.54) is 7.11 Å². The fourth-order valence-corrected chi connectivity index (χ4v) is 2.91. The van der Waals surface area contributed by atoms with E-state index in [0.717, 1.165) is 29.4 Å². The van der Waals surface area contributed by atoms with Crippen LogP contribution in [0.15, 0.2) is 42.5 Å². The predicted octanol–water partition coefficient (Wildman–Crippen LogP) is 2.39. The Labute approximate surface area is 124 Å². The number of nitrogens with zero attached hydrogens (tertiary/aromatic N) is 1. The minimum absolute atomic E-state index is 0.215. The van der Waals surface area contributed by atoms with Gasteiger partial charge in [0.15, 0.2) is 0 Å². The molecule has 21 heavy (non-hydrogen) atoms. The van der Waals surface area contributed by atoms with Crippen LogP contribution in [0.5, 0.6) is 0 Å². The van der Waals surface area contributed by atoms with Crippen molar-refractivity contribution in [3.8, 4) is 0 Å². The van der Waals surface area contributed by atoms with E-state index in [-0.39, 0.29) is 12.0 Å². The average Bonchev–Trinajstić information content (AvgIpc) is 2.56. The van der Waals surface area contributed by atoms with Gasteiger partial charge in [-0.15, -0.1) is 0 Å². The molecule has 0 spiro atoms. The fraction of sp³-hybridized carbons (Fsp3) is 0.353. The number of morpholine rings is 1. The van der Waals surface area contributed by atoms with Gasteiger partial charge in [0.25, 0.3) is 0 Å². The van der Waals surface area contributed by atoms with Gasteiger partial charge in [0.2, 0.25) is 0 Å². The third kappa shape index (κ3) is 2.77. The van der Waals surface area contributed by atoms with Gasteiger partial charge >= 0.3 is 5.97 Å². The monoisotopic (exact) mass is 285 g/mol. The highest BCUT2D eigenvalue weighted by Gasteiger charge is 2.30. The fourth-order valence-electron chi connectivity index (χ4n) is 2.91. The zero-order valence-corrected chi connectivity index (χ0v) is 12.1. The Morgan fingerprint density at radius 1 is 1.14 bits per heavy atom. The van der Waals surface area contributed by atoms with E-state index in [0.29, 0.717) is 13.2 Å². The van der Waals surface area contributed by atoms with E-state index in [4.69, 9.17) is 9.47 Å². The maximum absolute atomic E-state index is 12.4. The number of benzene rings is 2. The molecule has 4 nitrogen and oxygen atoms in total. The molecule has 1 aliphatic heterocycles. The van der Waals surface area contributed by atoms with Crippen LogP contribution < -0.4 is 0 Å². The SMILES string of the molecule is COC(=O)C(c1cccc2ccccc12)N1CCOCC1. The van der Waals surface area contributed by atoms with Crippen LogP contribution in [0, 0.1) is 0 Å². The van der Waals surface area contributed by atoms with E-state index < -0.39 is 0 Å². The van der Waals surface area contributed by atoms with Gasteiger partial charge in [-0.2, -0.15) is 0 Å². The van der Waals surface area contributed by atoms with E-state index in [1.807, 2.05) is 24.3 Å². The summed E-state index contributed by atoms with van der Waals surface area (Å²) in [5, 5.41) is 2.24. The molecular formula is C17H19NO3. The van der Waals surface area contributed by atoms with Gasteiger partial charge in [-0.1, -0.05) is 42.5 Å². The largest absolute Gasteiger partial charge is 0.468 e. The molecule has 3 rings (SSSR count). The second-order valence-corrected chi connectivity index (χ2v) is 5.14. The molecule has 2 aromatic carbocycles. The molecule has 0 aromatic heterocycles. The summed E-state index contributed by atoms with van der Waals surface area (Å²) in [7, 11) is 1.45. The van der Waals surface area contributed by atoms with Gasteiger partial charge in [0, 0.05) is 13.1 Å². The van der Waals surface area contributed by atoms with Crippen LogP contribution >= 0.6 is 0 Å². The summed E-state index contributed by atoms with van der Waals surface area (Å²) in [5.41, 5.74) is 1.00. The van der Waals surface area contributed by atoms with Gasteiger partial charge in [0.1, 0.15) is 6.04 Å². The molecule has 1 unspecified atom stereocenters. The zero-order valence-electron chi connectivity index (χ0n) is 12.1. The van der Waals surface area contributed by atoms with E-state index in [9.17, 15) is 4.79 Å². The Bertz CT molecular complexity index is 629. The summed E-state index contributed by atoms with van der Waals surface area (Å²) in [5.74, 6) is -0.215. The number of rotatable bonds is 3. The molecule has 4 heteroatoms. The Morgan fingerprint density at radius 3 is 2.62 bits per heavy atom. The Hall–Kier alpha value is -1.91. The first-order valence-electron chi connectivity index (χ1n) is 7.18. The number of methoxy groups -OCH3 is 1. The number of fused-ring (bicyclic) bond motifs is 1. The van der Waals surface area contributed by atoms with Crippen molar-refractivity contribution < 1.29 is 14.3 Å². The number of carbonyl (C=O) groups excluding carboxylic acids is 1. The van der Waals surface area contributed by atoms with Crippen LogP contribution in [0.3, 0.4) is 0 Å². The first-order chi connectivity index (χ1) is 10.3. The summed E-state index contributed by atoms with van der Waals surface area (Å²) in [6.07, 6.45) is 0. The van der Waals surface area contributed by atoms with Gasteiger partial charge in [-0.25, -0.2) is 4.79 Å². The molecule has 0 N–H and O–H groups in total. The third-order valence-electron chi connectivity index (χ3n) is 3.95. The van der Waals surface area contributed by atoms with Crippen molar-refractivity contribution in [2.24, 2.45) is 0 Å². The number of carbonyl (C=O) groups is 1. The maximum Gasteiger partial charge on any atom is 0.327 e. The van der Waals surface area contributed by atoms with E-state index in [2.05, 4.69) is 23.1 Å². The molecule has 0 saturated carbocycles. The number of ether oxygens (including phenoxy) is 2. The third-order valence-corrected chi connectivity index (χ3v) is 3.95. The van der Waals surface area contributed by atoms with Crippen molar-refractivity contribution in [1.29, 1.82) is 0 Å². The standard InChI is InChI=1S/C17H19NO3/c1-20-17(19)16(18-9-11-21-12-10-18)15-8-4-6-13-5-2-3-7-14(13)15/h2-8,16H,9-12H2,1H3. The topological polar surface area (TPSA) is 38.8 Å². The normalized spacial score (nSPS) is 17.6. The van der Waals surface area contributed by atoms with Gasteiger partial charge in [0.05, 0.1) is 20.3 Å². The molecule has 1 saturated heterocycles. The lowest BCUT2D eigenvalue weighted by Gasteiger charge is -2.33. The highest BCUT2D eigenvalue weighted by atomic mass is 16.5. The van der Waals surface area contributed by atoms with Crippen molar-refractivity contribution >= 4 is 16.7 Å². The van der Waals surface area contributed by atoms with Crippen LogP contribution in [0.2, 0.25) is 0 Å². The van der Waals surface area contributed by atoms with Crippen LogP contribution in [0.25, 0.3) is 10.8 Å². The quantitative estimate of drug-likeness (QED) is 0.812. The second kappa shape index (κ2) is 6.24. The summed E-state index contributed by atoms with van der Waals surface area (Å²) in [6.45, 7) is 2.78. The molecule has 1 heterocycles. The summed E-state index contributed by atoms with van der Waals surface area (Å²) in [6, 6.07) is 13.8. The van der Waals surface area contributed by atoms with Gasteiger partial charge in [-0.3, -0.25) is 4.90 Å². The van der Waals surface area contributed by atoms with Crippen LogP contribution in [-0.4, -0.2) is 44.3 Å². The minimum atomic E-state index is -0.370. The van der Waals surface area contributed by atoms with E-state index in [1.54, 1.807) is 0 Å². The lowest BCUT2D eigenvalue weighted by Crippen LogP contribution is -2.42. The molecule has 0 amide bonds. The lowest BCUT2D eigenvalue weighted by molar-refractivity contribution is -0.149. The van der Waals surface area contributed by atoms with Crippen molar-refractivity contribution in [2.75, 3.05) is 33.4 Å². The Morgan fingerprint density at radius 2 is 1.86 bits per heavy atom. The lowest BCUT2D eigenvalue weighted by atomic mass is 9.97. The molecule has 0 radical (unpaired) electrons. The second-order valence-electron chi connectivity index (χ2n) is 5.14.